The first-order valence-corrected chi connectivity index (χ1v) is 7.09. The van der Waals surface area contributed by atoms with Gasteiger partial charge < -0.3 is 0 Å². The Kier molecular flexibility index (Phi) is 5.81. The molecule has 14 heavy (non-hydrogen) atoms. The van der Waals surface area contributed by atoms with Crippen molar-refractivity contribution in [3.63, 3.8) is 0 Å². The lowest BCUT2D eigenvalue weighted by Gasteiger charge is -2.02. The molecule has 0 spiro atoms. The van der Waals surface area contributed by atoms with Gasteiger partial charge in [-0.2, -0.15) is 11.8 Å². The van der Waals surface area contributed by atoms with Crippen LogP contribution in [-0.2, 0) is 5.75 Å². The fourth-order valence-electron chi connectivity index (χ4n) is 0.807. The Morgan fingerprint density at radius 1 is 1.29 bits per heavy atom. The minimum atomic E-state index is 0.442. The monoisotopic (exact) mass is 362 g/mol. The highest BCUT2D eigenvalue weighted by atomic mass is 127. The smallest absolute Gasteiger partial charge is 0.147 e. The van der Waals surface area contributed by atoms with E-state index in [0.717, 1.165) is 21.5 Å². The van der Waals surface area contributed by atoms with Crippen LogP contribution in [0.15, 0.2) is 0 Å². The summed E-state index contributed by atoms with van der Waals surface area (Å²) in [7, 11) is 0. The summed E-state index contributed by atoms with van der Waals surface area (Å²) in [6, 6.07) is 0. The predicted octanol–water partition coefficient (Wildman–Crippen LogP) is 4.03. The van der Waals surface area contributed by atoms with Crippen LogP contribution in [0, 0.1) is 3.57 Å². The van der Waals surface area contributed by atoms with E-state index in [1.54, 1.807) is 11.8 Å². The van der Waals surface area contributed by atoms with E-state index in [1.807, 2.05) is 22.6 Å². The summed E-state index contributed by atoms with van der Waals surface area (Å²) in [6.07, 6.45) is 1.15. The molecule has 2 nitrogen and oxygen atoms in total. The molecular weight excluding hydrogens is 354 g/mol. The van der Waals surface area contributed by atoms with Crippen LogP contribution in [0.5, 0.6) is 0 Å². The third-order valence-electron chi connectivity index (χ3n) is 1.40. The standard InChI is InChI=1S/C8H9Cl2IN2S/c1-2-3-14-4-5-12-7(9)6(11)8(10)13-5/h2-4H2,1H3. The lowest BCUT2D eigenvalue weighted by Crippen LogP contribution is -1.97. The molecule has 1 aromatic rings. The van der Waals surface area contributed by atoms with Crippen molar-refractivity contribution in [2.75, 3.05) is 5.75 Å². The summed E-state index contributed by atoms with van der Waals surface area (Å²) in [6.45, 7) is 2.14. The zero-order valence-electron chi connectivity index (χ0n) is 7.56. The third-order valence-corrected chi connectivity index (χ3v) is 4.76. The zero-order chi connectivity index (χ0) is 10.6. The Morgan fingerprint density at radius 2 is 1.86 bits per heavy atom. The molecule has 0 amide bonds. The first-order chi connectivity index (χ1) is 6.65. The fraction of sp³-hybridized carbons (Fsp3) is 0.500. The number of rotatable bonds is 4. The van der Waals surface area contributed by atoms with Crippen molar-refractivity contribution < 1.29 is 0 Å². The topological polar surface area (TPSA) is 25.8 Å². The predicted molar refractivity (Wildman–Crippen MR) is 71.2 cm³/mol. The zero-order valence-corrected chi connectivity index (χ0v) is 12.0. The van der Waals surface area contributed by atoms with Gasteiger partial charge in [0.05, 0.1) is 9.32 Å². The molecule has 0 saturated heterocycles. The number of thioether (sulfide) groups is 1. The van der Waals surface area contributed by atoms with Crippen molar-refractivity contribution in [1.29, 1.82) is 0 Å². The van der Waals surface area contributed by atoms with Gasteiger partial charge in [-0.1, -0.05) is 30.1 Å². The highest BCUT2D eigenvalue weighted by molar-refractivity contribution is 14.1. The van der Waals surface area contributed by atoms with Crippen LogP contribution in [-0.4, -0.2) is 15.7 Å². The van der Waals surface area contributed by atoms with E-state index >= 15 is 0 Å². The second kappa shape index (κ2) is 6.35. The minimum absolute atomic E-state index is 0.442. The van der Waals surface area contributed by atoms with Crippen LogP contribution in [0.4, 0.5) is 0 Å². The highest BCUT2D eigenvalue weighted by Crippen LogP contribution is 2.24. The van der Waals surface area contributed by atoms with E-state index in [1.165, 1.54) is 0 Å². The van der Waals surface area contributed by atoms with Crippen LogP contribution in [0.25, 0.3) is 0 Å². The highest BCUT2D eigenvalue weighted by Gasteiger charge is 2.08. The molecule has 0 aromatic carbocycles. The first kappa shape index (κ1) is 12.8. The van der Waals surface area contributed by atoms with Crippen molar-refractivity contribution in [2.24, 2.45) is 0 Å². The summed E-state index contributed by atoms with van der Waals surface area (Å²) >= 11 is 15.6. The SMILES string of the molecule is CCCSCc1nc(Cl)c(I)c(Cl)n1. The lowest BCUT2D eigenvalue weighted by molar-refractivity contribution is 1.02. The Bertz CT molecular complexity index is 299. The van der Waals surface area contributed by atoms with E-state index in [-0.39, 0.29) is 0 Å². The lowest BCUT2D eigenvalue weighted by atomic mass is 10.6. The van der Waals surface area contributed by atoms with Crippen LogP contribution in [0.3, 0.4) is 0 Å². The van der Waals surface area contributed by atoms with Gasteiger partial charge in [0.2, 0.25) is 0 Å². The maximum Gasteiger partial charge on any atom is 0.147 e. The maximum absolute atomic E-state index is 5.88. The maximum atomic E-state index is 5.88. The number of hydrogen-bond donors (Lipinski definition) is 0. The second-order valence-corrected chi connectivity index (χ2v) is 5.49. The quantitative estimate of drug-likeness (QED) is 0.459. The Morgan fingerprint density at radius 3 is 2.36 bits per heavy atom. The minimum Gasteiger partial charge on any atom is -0.219 e. The summed E-state index contributed by atoms with van der Waals surface area (Å²) in [5.41, 5.74) is 0. The Labute approximate surface area is 111 Å². The van der Waals surface area contributed by atoms with Crippen molar-refractivity contribution in [3.05, 3.63) is 19.7 Å². The molecule has 1 aromatic heterocycles. The average molecular weight is 363 g/mol. The van der Waals surface area contributed by atoms with Gasteiger partial charge in [-0.05, 0) is 34.8 Å². The van der Waals surface area contributed by atoms with Gasteiger partial charge in [-0.3, -0.25) is 0 Å². The van der Waals surface area contributed by atoms with Gasteiger partial charge in [-0.25, -0.2) is 9.97 Å². The molecule has 0 N–H and O–H groups in total. The first-order valence-electron chi connectivity index (χ1n) is 4.10. The van der Waals surface area contributed by atoms with Crippen LogP contribution < -0.4 is 0 Å². The molecule has 78 valence electrons. The van der Waals surface area contributed by atoms with Gasteiger partial charge in [0.15, 0.2) is 0 Å². The average Bonchev–Trinajstić information content (AvgIpc) is 2.14. The van der Waals surface area contributed by atoms with Crippen molar-refractivity contribution >= 4 is 57.6 Å². The van der Waals surface area contributed by atoms with Gasteiger partial charge in [-0.15, -0.1) is 0 Å². The van der Waals surface area contributed by atoms with Gasteiger partial charge in [0.1, 0.15) is 16.1 Å². The molecule has 0 aliphatic rings. The fourth-order valence-corrected chi connectivity index (χ4v) is 2.22. The van der Waals surface area contributed by atoms with E-state index in [4.69, 9.17) is 23.2 Å². The summed E-state index contributed by atoms with van der Waals surface area (Å²) in [5.74, 6) is 2.58. The van der Waals surface area contributed by atoms with E-state index in [9.17, 15) is 0 Å². The number of halogens is 3. The molecule has 0 saturated carbocycles. The van der Waals surface area contributed by atoms with Crippen molar-refractivity contribution in [3.8, 4) is 0 Å². The molecule has 6 heteroatoms. The van der Waals surface area contributed by atoms with Gasteiger partial charge >= 0.3 is 0 Å². The molecule has 0 unspecified atom stereocenters. The molecule has 0 radical (unpaired) electrons. The normalized spacial score (nSPS) is 10.6. The van der Waals surface area contributed by atoms with Crippen LogP contribution in [0.2, 0.25) is 10.3 Å². The molecule has 0 atom stereocenters. The largest absolute Gasteiger partial charge is 0.219 e. The Balaban J connectivity index is 2.69. The van der Waals surface area contributed by atoms with E-state index in [2.05, 4.69) is 16.9 Å². The second-order valence-electron chi connectivity index (χ2n) is 2.59. The molecule has 0 aliphatic carbocycles. The van der Waals surface area contributed by atoms with Crippen LogP contribution >= 0.6 is 57.6 Å². The summed E-state index contributed by atoms with van der Waals surface area (Å²) in [5, 5.41) is 0.885. The summed E-state index contributed by atoms with van der Waals surface area (Å²) < 4.78 is 0.718. The number of hydrogen-bond acceptors (Lipinski definition) is 3. The third kappa shape index (κ3) is 3.72. The van der Waals surface area contributed by atoms with E-state index < -0.39 is 0 Å². The van der Waals surface area contributed by atoms with Crippen molar-refractivity contribution in [2.45, 2.75) is 19.1 Å². The molecule has 0 bridgehead atoms. The molecule has 0 fully saturated rings. The number of aromatic nitrogens is 2. The van der Waals surface area contributed by atoms with E-state index in [0.29, 0.717) is 16.1 Å². The number of nitrogens with zero attached hydrogens (tertiary/aromatic N) is 2. The van der Waals surface area contributed by atoms with Gasteiger partial charge in [0, 0.05) is 0 Å². The molecule has 0 aliphatic heterocycles. The summed E-state index contributed by atoms with van der Waals surface area (Å²) in [4.78, 5) is 8.29. The van der Waals surface area contributed by atoms with Crippen LogP contribution in [0.1, 0.15) is 19.2 Å². The van der Waals surface area contributed by atoms with Gasteiger partial charge in [0.25, 0.3) is 0 Å². The molecule has 1 rings (SSSR count). The molecule has 1 heterocycles. The van der Waals surface area contributed by atoms with Crippen molar-refractivity contribution in [1.82, 2.24) is 9.97 Å². The Hall–Kier alpha value is 0.740. The molecular formula is C8H9Cl2IN2S.